The van der Waals surface area contributed by atoms with Crippen molar-refractivity contribution in [3.63, 3.8) is 0 Å². The van der Waals surface area contributed by atoms with Crippen LogP contribution in [0, 0.1) is 0 Å². The van der Waals surface area contributed by atoms with Crippen LogP contribution in [0.4, 0.5) is 0 Å². The van der Waals surface area contributed by atoms with Crippen LogP contribution in [0.2, 0.25) is 0 Å². The fourth-order valence-corrected chi connectivity index (χ4v) is 1.81. The van der Waals surface area contributed by atoms with Crippen LogP contribution in [0.15, 0.2) is 0 Å². The van der Waals surface area contributed by atoms with Gasteiger partial charge in [-0.1, -0.05) is 12.8 Å². The first-order chi connectivity index (χ1) is 5.68. The fraction of sp³-hybridized carbons (Fsp3) is 1.00. The van der Waals surface area contributed by atoms with Gasteiger partial charge in [-0.3, -0.25) is 0 Å². The molecule has 1 aliphatic rings. The molecule has 1 aliphatic carbocycles. The van der Waals surface area contributed by atoms with Crippen molar-refractivity contribution in [2.24, 2.45) is 0 Å². The van der Waals surface area contributed by atoms with Crippen LogP contribution < -0.4 is 5.32 Å². The second-order valence-electron chi connectivity index (χ2n) is 3.88. The van der Waals surface area contributed by atoms with Crippen molar-refractivity contribution < 1.29 is 10.2 Å². The number of hydrogen-bond acceptors (Lipinski definition) is 3. The highest BCUT2D eigenvalue weighted by atomic mass is 16.3. The molecule has 0 amide bonds. The zero-order chi connectivity index (χ0) is 9.03. The van der Waals surface area contributed by atoms with Crippen molar-refractivity contribution in [1.29, 1.82) is 0 Å². The molecule has 0 aromatic carbocycles. The molecule has 0 saturated heterocycles. The second-order valence-corrected chi connectivity index (χ2v) is 3.88. The third-order valence-corrected chi connectivity index (χ3v) is 2.64. The summed E-state index contributed by atoms with van der Waals surface area (Å²) in [7, 11) is 0. The molecule has 3 N–H and O–H groups in total. The van der Waals surface area contributed by atoms with Crippen LogP contribution in [-0.4, -0.2) is 35.0 Å². The van der Waals surface area contributed by atoms with E-state index in [0.717, 1.165) is 12.8 Å². The Hall–Kier alpha value is -0.120. The molecule has 0 spiro atoms. The number of aliphatic hydroxyl groups is 2. The highest BCUT2D eigenvalue weighted by Gasteiger charge is 2.32. The number of rotatable bonds is 4. The van der Waals surface area contributed by atoms with E-state index in [1.165, 1.54) is 12.8 Å². The summed E-state index contributed by atoms with van der Waals surface area (Å²) in [6.07, 6.45) is 4.13. The molecule has 0 radical (unpaired) electrons. The number of aliphatic hydroxyl groups excluding tert-OH is 2. The van der Waals surface area contributed by atoms with Crippen LogP contribution in [0.3, 0.4) is 0 Å². The van der Waals surface area contributed by atoms with Crippen LogP contribution in [0.1, 0.15) is 32.6 Å². The molecular formula is C9H19NO2. The van der Waals surface area contributed by atoms with Gasteiger partial charge in [-0.15, -0.1) is 0 Å². The normalized spacial score (nSPS) is 24.2. The summed E-state index contributed by atoms with van der Waals surface area (Å²) in [5, 5.41) is 21.5. The van der Waals surface area contributed by atoms with E-state index in [2.05, 4.69) is 5.32 Å². The molecule has 1 unspecified atom stereocenters. The van der Waals surface area contributed by atoms with E-state index in [1.54, 1.807) is 6.92 Å². The first-order valence-electron chi connectivity index (χ1n) is 4.72. The van der Waals surface area contributed by atoms with Gasteiger partial charge in [0.2, 0.25) is 0 Å². The molecule has 12 heavy (non-hydrogen) atoms. The third kappa shape index (κ3) is 2.44. The Morgan fingerprint density at radius 3 is 2.42 bits per heavy atom. The molecule has 0 aromatic rings. The summed E-state index contributed by atoms with van der Waals surface area (Å²) in [5.41, 5.74) is -0.0863. The van der Waals surface area contributed by atoms with Gasteiger partial charge in [0.1, 0.15) is 0 Å². The van der Waals surface area contributed by atoms with Crippen molar-refractivity contribution in [2.45, 2.75) is 44.2 Å². The van der Waals surface area contributed by atoms with Gasteiger partial charge in [0.25, 0.3) is 0 Å². The predicted molar refractivity (Wildman–Crippen MR) is 48.0 cm³/mol. The Bertz CT molecular complexity index is 130. The van der Waals surface area contributed by atoms with E-state index in [0.29, 0.717) is 6.54 Å². The van der Waals surface area contributed by atoms with E-state index >= 15 is 0 Å². The van der Waals surface area contributed by atoms with E-state index in [-0.39, 0.29) is 18.2 Å². The summed E-state index contributed by atoms with van der Waals surface area (Å²) in [6, 6.07) is 0. The molecule has 1 saturated carbocycles. The zero-order valence-corrected chi connectivity index (χ0v) is 7.71. The number of hydrogen-bond donors (Lipinski definition) is 3. The molecule has 0 heterocycles. The lowest BCUT2D eigenvalue weighted by atomic mass is 9.99. The van der Waals surface area contributed by atoms with Gasteiger partial charge < -0.3 is 15.5 Å². The van der Waals surface area contributed by atoms with E-state index in [4.69, 9.17) is 5.11 Å². The maximum Gasteiger partial charge on any atom is 0.0636 e. The highest BCUT2D eigenvalue weighted by Crippen LogP contribution is 2.28. The lowest BCUT2D eigenvalue weighted by Gasteiger charge is -2.28. The summed E-state index contributed by atoms with van der Waals surface area (Å²) in [6.45, 7) is 2.54. The molecule has 72 valence electrons. The first-order valence-corrected chi connectivity index (χ1v) is 4.72. The molecule has 1 atom stereocenters. The van der Waals surface area contributed by atoms with Crippen molar-refractivity contribution in [1.82, 2.24) is 5.32 Å². The smallest absolute Gasteiger partial charge is 0.0636 e. The largest absolute Gasteiger partial charge is 0.394 e. The standard InChI is InChI=1S/C9H19NO2/c1-8(12)6-10-9(7-11)4-2-3-5-9/h8,10-12H,2-7H2,1H3. The Labute approximate surface area is 73.8 Å². The summed E-state index contributed by atoms with van der Waals surface area (Å²) in [4.78, 5) is 0. The van der Waals surface area contributed by atoms with Gasteiger partial charge in [0.15, 0.2) is 0 Å². The van der Waals surface area contributed by atoms with Gasteiger partial charge in [-0.05, 0) is 19.8 Å². The maximum atomic E-state index is 9.19. The summed E-state index contributed by atoms with van der Waals surface area (Å²) >= 11 is 0. The van der Waals surface area contributed by atoms with E-state index in [9.17, 15) is 5.11 Å². The molecule has 3 nitrogen and oxygen atoms in total. The van der Waals surface area contributed by atoms with Crippen molar-refractivity contribution in [3.8, 4) is 0 Å². The minimum Gasteiger partial charge on any atom is -0.394 e. The van der Waals surface area contributed by atoms with Gasteiger partial charge in [0.05, 0.1) is 12.7 Å². The van der Waals surface area contributed by atoms with Gasteiger partial charge in [-0.25, -0.2) is 0 Å². The summed E-state index contributed by atoms with van der Waals surface area (Å²) < 4.78 is 0. The number of β-amino-alcohol motifs (C(OH)–C–C–N with tert-alkyl or cyclic N) is 1. The second kappa shape index (κ2) is 4.21. The van der Waals surface area contributed by atoms with Crippen LogP contribution in [0.25, 0.3) is 0 Å². The molecular weight excluding hydrogens is 154 g/mol. The van der Waals surface area contributed by atoms with Gasteiger partial charge in [0, 0.05) is 12.1 Å². The third-order valence-electron chi connectivity index (χ3n) is 2.64. The lowest BCUT2D eigenvalue weighted by molar-refractivity contribution is 0.130. The fourth-order valence-electron chi connectivity index (χ4n) is 1.81. The maximum absolute atomic E-state index is 9.19. The van der Waals surface area contributed by atoms with Crippen molar-refractivity contribution in [2.75, 3.05) is 13.2 Å². The Balaban J connectivity index is 2.34. The Kier molecular flexibility index (Phi) is 3.50. The Morgan fingerprint density at radius 2 is 2.00 bits per heavy atom. The molecule has 0 aliphatic heterocycles. The molecule has 3 heteroatoms. The summed E-state index contributed by atoms with van der Waals surface area (Å²) in [5.74, 6) is 0. The highest BCUT2D eigenvalue weighted by molar-refractivity contribution is 4.92. The van der Waals surface area contributed by atoms with Crippen LogP contribution in [0.5, 0.6) is 0 Å². The minimum atomic E-state index is -0.325. The van der Waals surface area contributed by atoms with E-state index in [1.807, 2.05) is 0 Å². The van der Waals surface area contributed by atoms with Crippen molar-refractivity contribution >= 4 is 0 Å². The van der Waals surface area contributed by atoms with Gasteiger partial charge >= 0.3 is 0 Å². The SMILES string of the molecule is CC(O)CNC1(CO)CCCC1. The average molecular weight is 173 g/mol. The Morgan fingerprint density at radius 1 is 1.42 bits per heavy atom. The zero-order valence-electron chi connectivity index (χ0n) is 7.71. The topological polar surface area (TPSA) is 52.5 Å². The quantitative estimate of drug-likeness (QED) is 0.571. The van der Waals surface area contributed by atoms with Gasteiger partial charge in [-0.2, -0.15) is 0 Å². The molecule has 1 rings (SSSR count). The molecule has 0 aromatic heterocycles. The van der Waals surface area contributed by atoms with Crippen LogP contribution in [-0.2, 0) is 0 Å². The molecule has 1 fully saturated rings. The monoisotopic (exact) mass is 173 g/mol. The average Bonchev–Trinajstić information content (AvgIpc) is 2.50. The van der Waals surface area contributed by atoms with E-state index < -0.39 is 0 Å². The number of nitrogens with one attached hydrogen (secondary N) is 1. The lowest BCUT2D eigenvalue weighted by Crippen LogP contribution is -2.48. The van der Waals surface area contributed by atoms with Crippen molar-refractivity contribution in [3.05, 3.63) is 0 Å². The minimum absolute atomic E-state index is 0.0863. The molecule has 0 bridgehead atoms. The first kappa shape index (κ1) is 9.96. The van der Waals surface area contributed by atoms with Crippen LogP contribution >= 0.6 is 0 Å². The predicted octanol–water partition coefficient (Wildman–Crippen LogP) is 0.262.